The zero-order valence-corrected chi connectivity index (χ0v) is 11.8. The van der Waals surface area contributed by atoms with Crippen LogP contribution in [0.5, 0.6) is 0 Å². The van der Waals surface area contributed by atoms with Crippen molar-refractivity contribution in [1.29, 1.82) is 0 Å². The average Bonchev–Trinajstić information content (AvgIpc) is 2.49. The number of halogens is 1. The van der Waals surface area contributed by atoms with Gasteiger partial charge in [0.2, 0.25) is 0 Å². The smallest absolute Gasteiger partial charge is 0.254 e. The molecule has 5 nitrogen and oxygen atoms in total. The van der Waals surface area contributed by atoms with Crippen molar-refractivity contribution in [3.63, 3.8) is 0 Å². The lowest BCUT2D eigenvalue weighted by Crippen LogP contribution is -2.51. The maximum atomic E-state index is 13.6. The van der Waals surface area contributed by atoms with Gasteiger partial charge in [0, 0.05) is 0 Å². The number of amides is 1. The Hall–Kier alpha value is -1.50. The van der Waals surface area contributed by atoms with E-state index in [2.05, 4.69) is 5.32 Å². The molecule has 1 fully saturated rings. The van der Waals surface area contributed by atoms with Crippen molar-refractivity contribution < 1.29 is 19.0 Å². The summed E-state index contributed by atoms with van der Waals surface area (Å²) in [4.78, 5) is 12.1. The minimum absolute atomic E-state index is 0.00160. The Kier molecular flexibility index (Phi) is 5.67. The summed E-state index contributed by atoms with van der Waals surface area (Å²) in [5.74, 6) is -1.05. The lowest BCUT2D eigenvalue weighted by Gasteiger charge is -2.36. The van der Waals surface area contributed by atoms with E-state index in [0.717, 1.165) is 12.8 Å². The molecule has 0 unspecified atom stereocenters. The number of hydrogen-bond donors (Lipinski definition) is 3. The van der Waals surface area contributed by atoms with Gasteiger partial charge in [0.15, 0.2) is 0 Å². The second-order valence-electron chi connectivity index (χ2n) is 5.19. The van der Waals surface area contributed by atoms with E-state index >= 15 is 0 Å². The van der Waals surface area contributed by atoms with Crippen molar-refractivity contribution in [3.8, 4) is 0 Å². The summed E-state index contributed by atoms with van der Waals surface area (Å²) < 4.78 is 19.3. The molecule has 1 amide bonds. The molecule has 1 aliphatic rings. The third kappa shape index (κ3) is 4.00. The van der Waals surface area contributed by atoms with E-state index in [1.165, 1.54) is 18.2 Å². The molecule has 0 aromatic heterocycles. The molecule has 1 heterocycles. The fourth-order valence-electron chi connectivity index (χ4n) is 2.59. The van der Waals surface area contributed by atoms with Gasteiger partial charge in [-0.05, 0) is 37.9 Å². The first-order valence-corrected chi connectivity index (χ1v) is 7.17. The average molecular weight is 296 g/mol. The number of carbonyl (C=O) groups is 1. The molecule has 0 saturated carbocycles. The molecule has 1 saturated heterocycles. The highest BCUT2D eigenvalue weighted by Crippen LogP contribution is 2.22. The number of aliphatic hydroxyl groups is 1. The molecule has 1 aromatic rings. The lowest BCUT2D eigenvalue weighted by atomic mass is 9.96. The van der Waals surface area contributed by atoms with E-state index in [-0.39, 0.29) is 24.3 Å². The molecule has 1 aromatic carbocycles. The SMILES string of the molecule is NCC[C@@H]1CC[C@@H](NC(=O)c2ccccc2F)[C@H](CO)O1. The van der Waals surface area contributed by atoms with Crippen LogP contribution in [0.1, 0.15) is 29.6 Å². The van der Waals surface area contributed by atoms with Crippen LogP contribution in [0.2, 0.25) is 0 Å². The minimum atomic E-state index is -0.562. The first-order valence-electron chi connectivity index (χ1n) is 7.17. The van der Waals surface area contributed by atoms with Crippen molar-refractivity contribution >= 4 is 5.91 Å². The Morgan fingerprint density at radius 2 is 2.19 bits per heavy atom. The molecule has 0 bridgehead atoms. The summed E-state index contributed by atoms with van der Waals surface area (Å²) in [5.41, 5.74) is 5.50. The van der Waals surface area contributed by atoms with Gasteiger partial charge in [-0.1, -0.05) is 12.1 Å². The summed E-state index contributed by atoms with van der Waals surface area (Å²) in [7, 11) is 0. The van der Waals surface area contributed by atoms with E-state index in [4.69, 9.17) is 10.5 Å². The number of aliphatic hydroxyl groups excluding tert-OH is 1. The van der Waals surface area contributed by atoms with Crippen LogP contribution in [0, 0.1) is 5.82 Å². The van der Waals surface area contributed by atoms with Crippen LogP contribution in [-0.2, 0) is 4.74 Å². The predicted octanol–water partition coefficient (Wildman–Crippen LogP) is 0.813. The zero-order valence-electron chi connectivity index (χ0n) is 11.8. The largest absolute Gasteiger partial charge is 0.394 e. The summed E-state index contributed by atoms with van der Waals surface area (Å²) in [6.07, 6.45) is 1.69. The van der Waals surface area contributed by atoms with Gasteiger partial charge in [0.1, 0.15) is 11.9 Å². The van der Waals surface area contributed by atoms with Gasteiger partial charge in [-0.2, -0.15) is 0 Å². The Labute approximate surface area is 123 Å². The van der Waals surface area contributed by atoms with E-state index in [0.29, 0.717) is 13.0 Å². The lowest BCUT2D eigenvalue weighted by molar-refractivity contribution is -0.0889. The van der Waals surface area contributed by atoms with Gasteiger partial charge in [0.25, 0.3) is 5.91 Å². The van der Waals surface area contributed by atoms with Gasteiger partial charge in [-0.25, -0.2) is 4.39 Å². The van der Waals surface area contributed by atoms with Crippen LogP contribution in [0.3, 0.4) is 0 Å². The minimum Gasteiger partial charge on any atom is -0.394 e. The first-order chi connectivity index (χ1) is 10.2. The molecular formula is C15H21FN2O3. The second kappa shape index (κ2) is 7.49. The molecule has 6 heteroatoms. The molecule has 4 N–H and O–H groups in total. The van der Waals surface area contributed by atoms with Crippen molar-refractivity contribution in [2.24, 2.45) is 5.73 Å². The summed E-state index contributed by atoms with van der Waals surface area (Å²) >= 11 is 0. The third-order valence-corrected chi connectivity index (χ3v) is 3.72. The van der Waals surface area contributed by atoms with Crippen LogP contribution in [0.4, 0.5) is 4.39 Å². The monoisotopic (exact) mass is 296 g/mol. The molecule has 1 aliphatic heterocycles. The molecule has 3 atom stereocenters. The first kappa shape index (κ1) is 15.9. The van der Waals surface area contributed by atoms with Crippen molar-refractivity contribution in [2.45, 2.75) is 37.5 Å². The number of rotatable bonds is 5. The highest BCUT2D eigenvalue weighted by molar-refractivity contribution is 5.94. The van der Waals surface area contributed by atoms with E-state index in [1.54, 1.807) is 6.07 Å². The van der Waals surface area contributed by atoms with Crippen molar-refractivity contribution in [2.75, 3.05) is 13.2 Å². The highest BCUT2D eigenvalue weighted by atomic mass is 19.1. The number of nitrogens with one attached hydrogen (secondary N) is 1. The molecule has 21 heavy (non-hydrogen) atoms. The van der Waals surface area contributed by atoms with Crippen LogP contribution < -0.4 is 11.1 Å². The van der Waals surface area contributed by atoms with Gasteiger partial charge < -0.3 is 20.9 Å². The molecule has 0 aliphatic carbocycles. The topological polar surface area (TPSA) is 84.6 Å². The van der Waals surface area contributed by atoms with Gasteiger partial charge in [0.05, 0.1) is 24.3 Å². The zero-order chi connectivity index (χ0) is 15.2. The third-order valence-electron chi connectivity index (χ3n) is 3.72. The quantitative estimate of drug-likeness (QED) is 0.751. The number of hydrogen-bond acceptors (Lipinski definition) is 4. The summed E-state index contributed by atoms with van der Waals surface area (Å²) in [6.45, 7) is 0.332. The summed E-state index contributed by atoms with van der Waals surface area (Å²) in [6, 6.07) is 5.49. The summed E-state index contributed by atoms with van der Waals surface area (Å²) in [5, 5.41) is 12.1. The number of nitrogens with two attached hydrogens (primary N) is 1. The Morgan fingerprint density at radius 3 is 2.86 bits per heavy atom. The van der Waals surface area contributed by atoms with E-state index in [9.17, 15) is 14.3 Å². The fraction of sp³-hybridized carbons (Fsp3) is 0.533. The molecule has 2 rings (SSSR count). The second-order valence-corrected chi connectivity index (χ2v) is 5.19. The standard InChI is InChI=1S/C15H21FN2O3/c16-12-4-2-1-3-11(12)15(20)18-13-6-5-10(7-8-17)21-14(13)9-19/h1-4,10,13-14,19H,5-9,17H2,(H,18,20)/t10-,13+,14-/m0/s1. The van der Waals surface area contributed by atoms with Gasteiger partial charge in [-0.15, -0.1) is 0 Å². The number of carbonyl (C=O) groups excluding carboxylic acids is 1. The van der Waals surface area contributed by atoms with E-state index in [1.807, 2.05) is 0 Å². The molecule has 0 radical (unpaired) electrons. The molecule has 116 valence electrons. The maximum absolute atomic E-state index is 13.6. The Bertz CT molecular complexity index is 484. The van der Waals surface area contributed by atoms with Crippen molar-refractivity contribution in [3.05, 3.63) is 35.6 Å². The van der Waals surface area contributed by atoms with Crippen molar-refractivity contribution in [1.82, 2.24) is 5.32 Å². The maximum Gasteiger partial charge on any atom is 0.254 e. The Morgan fingerprint density at radius 1 is 1.43 bits per heavy atom. The van der Waals surface area contributed by atoms with Crippen LogP contribution >= 0.6 is 0 Å². The predicted molar refractivity (Wildman–Crippen MR) is 76.3 cm³/mol. The molecule has 0 spiro atoms. The van der Waals surface area contributed by atoms with Gasteiger partial charge in [-0.3, -0.25) is 4.79 Å². The van der Waals surface area contributed by atoms with Crippen LogP contribution in [-0.4, -0.2) is 42.4 Å². The molecular weight excluding hydrogens is 275 g/mol. The highest BCUT2D eigenvalue weighted by Gasteiger charge is 2.32. The Balaban J connectivity index is 1.99. The number of ether oxygens (including phenoxy) is 1. The van der Waals surface area contributed by atoms with Crippen LogP contribution in [0.15, 0.2) is 24.3 Å². The number of benzene rings is 1. The van der Waals surface area contributed by atoms with E-state index < -0.39 is 17.8 Å². The fourth-order valence-corrected chi connectivity index (χ4v) is 2.59. The van der Waals surface area contributed by atoms with Crippen LogP contribution in [0.25, 0.3) is 0 Å². The van der Waals surface area contributed by atoms with Gasteiger partial charge >= 0.3 is 0 Å². The normalized spacial score (nSPS) is 25.6.